The van der Waals surface area contributed by atoms with Crippen molar-refractivity contribution in [2.24, 2.45) is 4.74 Å². The maximum Gasteiger partial charge on any atom is 0.118 e. The number of nitrogens with zero attached hydrogens (tertiary/aromatic N) is 1. The van der Waals surface area contributed by atoms with Gasteiger partial charge < -0.3 is 9.47 Å². The third-order valence-corrected chi connectivity index (χ3v) is 9.31. The van der Waals surface area contributed by atoms with E-state index >= 15 is 0 Å². The van der Waals surface area contributed by atoms with Gasteiger partial charge in [0.2, 0.25) is 0 Å². The molecular weight excluding hydrogens is 469 g/mol. The molecule has 4 rings (SSSR count). The van der Waals surface area contributed by atoms with Gasteiger partial charge in [-0.2, -0.15) is 0 Å². The molecule has 0 aliphatic heterocycles. The van der Waals surface area contributed by atoms with Crippen LogP contribution in [0.5, 0.6) is 11.5 Å². The highest BCUT2D eigenvalue weighted by Gasteiger charge is 2.27. The Bertz CT molecular complexity index is 1140. The molecule has 0 radical (unpaired) electrons. The van der Waals surface area contributed by atoms with Crippen molar-refractivity contribution in [2.45, 2.75) is 0 Å². The molecule has 0 aliphatic rings. The third-order valence-electron chi connectivity index (χ3n) is 5.11. The molecule has 3 nitrogen and oxygen atoms in total. The van der Waals surface area contributed by atoms with Gasteiger partial charge in [-0.15, -0.1) is 0 Å². The summed E-state index contributed by atoms with van der Waals surface area (Å²) < 4.78 is 17.3. The first kappa shape index (κ1) is 21.4. The fourth-order valence-electron chi connectivity index (χ4n) is 3.54. The summed E-state index contributed by atoms with van der Waals surface area (Å²) in [6.07, 6.45) is 0. The minimum Gasteiger partial charge on any atom is -0.497 e. The van der Waals surface area contributed by atoms with Crippen LogP contribution in [-0.2, 0) is 0 Å². The molecule has 156 valence electrons. The first-order valence-corrected chi connectivity index (χ1v) is 12.4. The number of methoxy groups -OCH3 is 2. The summed E-state index contributed by atoms with van der Waals surface area (Å²) >= 11 is 3.53. The zero-order valence-corrected chi connectivity index (χ0v) is 19.9. The normalized spacial score (nSPS) is 11.1. The monoisotopic (exact) mass is 491 g/mol. The quantitative estimate of drug-likeness (QED) is 0.297. The predicted octanol–water partition coefficient (Wildman–Crippen LogP) is 6.28. The highest BCUT2D eigenvalue weighted by atomic mass is 79.9. The topological polar surface area (TPSA) is 30.8 Å². The molecular formula is C26H23BrNO2P. The lowest BCUT2D eigenvalue weighted by molar-refractivity contribution is 0.415. The van der Waals surface area contributed by atoms with Crippen LogP contribution >= 0.6 is 23.0 Å². The Morgan fingerprint density at radius 2 is 1.03 bits per heavy atom. The van der Waals surface area contributed by atoms with Gasteiger partial charge in [-0.05, 0) is 72.8 Å². The summed E-state index contributed by atoms with van der Waals surface area (Å²) in [5.41, 5.74) is 0.937. The standard InChI is InChI=1S/C26H23BrNO2P/c1-29-22-12-16-25(17-13-22)31(24-6-4-3-5-7-24,26-18-14-23(30-2)15-19-26)28-21-10-8-20(27)9-11-21/h3-19H,1-2H3. The van der Waals surface area contributed by atoms with Crippen LogP contribution < -0.4 is 25.4 Å². The Morgan fingerprint density at radius 1 is 0.581 bits per heavy atom. The minimum absolute atomic E-state index is 0.827. The molecule has 0 fully saturated rings. The molecule has 31 heavy (non-hydrogen) atoms. The van der Waals surface area contributed by atoms with E-state index in [1.54, 1.807) is 14.2 Å². The van der Waals surface area contributed by atoms with Crippen molar-refractivity contribution in [2.75, 3.05) is 14.2 Å². The maximum atomic E-state index is 5.46. The molecule has 4 aromatic rings. The Balaban J connectivity index is 2.07. The summed E-state index contributed by atoms with van der Waals surface area (Å²) in [4.78, 5) is 0. The van der Waals surface area contributed by atoms with Crippen molar-refractivity contribution in [1.29, 1.82) is 0 Å². The molecule has 0 spiro atoms. The van der Waals surface area contributed by atoms with E-state index in [1.807, 2.05) is 42.5 Å². The molecule has 0 bridgehead atoms. The first-order valence-electron chi connectivity index (χ1n) is 9.88. The van der Waals surface area contributed by atoms with Gasteiger partial charge in [0.1, 0.15) is 11.5 Å². The van der Waals surface area contributed by atoms with E-state index in [0.717, 1.165) is 32.3 Å². The Labute approximate surface area is 191 Å². The third kappa shape index (κ3) is 4.46. The van der Waals surface area contributed by atoms with E-state index in [1.165, 1.54) is 5.30 Å². The molecule has 0 saturated heterocycles. The summed E-state index contributed by atoms with van der Waals surface area (Å²) in [7, 11) is 1.02. The van der Waals surface area contributed by atoms with Crippen LogP contribution in [-0.4, -0.2) is 14.2 Å². The van der Waals surface area contributed by atoms with Crippen LogP contribution in [0, 0.1) is 0 Å². The second-order valence-electron chi connectivity index (χ2n) is 6.94. The lowest BCUT2D eigenvalue weighted by atomic mass is 10.3. The predicted molar refractivity (Wildman–Crippen MR) is 134 cm³/mol. The lowest BCUT2D eigenvalue weighted by Gasteiger charge is -2.27. The molecule has 5 heteroatoms. The van der Waals surface area contributed by atoms with Crippen LogP contribution in [0.25, 0.3) is 0 Å². The molecule has 4 aromatic carbocycles. The van der Waals surface area contributed by atoms with Crippen LogP contribution in [0.2, 0.25) is 0 Å². The van der Waals surface area contributed by atoms with Crippen molar-refractivity contribution < 1.29 is 9.47 Å². The molecule has 0 saturated carbocycles. The molecule has 0 heterocycles. The Hall–Kier alpha value is -2.81. The summed E-state index contributed by atoms with van der Waals surface area (Å²) in [6, 6.07) is 35.3. The van der Waals surface area contributed by atoms with E-state index < -0.39 is 7.05 Å². The second kappa shape index (κ2) is 9.55. The molecule has 0 unspecified atom stereocenters. The Kier molecular flexibility index (Phi) is 6.60. The van der Waals surface area contributed by atoms with Crippen molar-refractivity contribution >= 4 is 44.6 Å². The fourth-order valence-corrected chi connectivity index (χ4v) is 7.29. The summed E-state index contributed by atoms with van der Waals surface area (Å²) in [5, 5.41) is 3.51. The van der Waals surface area contributed by atoms with Crippen LogP contribution in [0.15, 0.2) is 112 Å². The number of rotatable bonds is 6. The van der Waals surface area contributed by atoms with E-state index in [4.69, 9.17) is 14.2 Å². The zero-order valence-electron chi connectivity index (χ0n) is 17.4. The van der Waals surface area contributed by atoms with Crippen LogP contribution in [0.3, 0.4) is 0 Å². The SMILES string of the molecule is COc1ccc(P(=Nc2ccc(Br)cc2)(c2ccccc2)c2ccc(OC)cc2)cc1. The van der Waals surface area contributed by atoms with E-state index in [2.05, 4.69) is 76.6 Å². The Morgan fingerprint density at radius 3 is 1.48 bits per heavy atom. The van der Waals surface area contributed by atoms with Gasteiger partial charge in [-0.1, -0.05) is 46.3 Å². The number of hydrogen-bond donors (Lipinski definition) is 0. The van der Waals surface area contributed by atoms with Crippen molar-refractivity contribution in [3.8, 4) is 11.5 Å². The molecule has 0 amide bonds. The number of ether oxygens (including phenoxy) is 2. The van der Waals surface area contributed by atoms with Crippen LogP contribution in [0.1, 0.15) is 0 Å². The van der Waals surface area contributed by atoms with E-state index in [-0.39, 0.29) is 0 Å². The number of halogens is 1. The number of benzene rings is 4. The molecule has 0 atom stereocenters. The van der Waals surface area contributed by atoms with E-state index in [0.29, 0.717) is 0 Å². The molecule has 0 aromatic heterocycles. The van der Waals surface area contributed by atoms with Gasteiger partial charge in [0.05, 0.1) is 27.0 Å². The van der Waals surface area contributed by atoms with Crippen LogP contribution in [0.4, 0.5) is 5.69 Å². The molecule has 0 aliphatic carbocycles. The minimum atomic E-state index is -2.35. The average Bonchev–Trinajstić information content (AvgIpc) is 2.84. The van der Waals surface area contributed by atoms with Gasteiger partial charge >= 0.3 is 0 Å². The second-order valence-corrected chi connectivity index (χ2v) is 10.9. The fraction of sp³-hybridized carbons (Fsp3) is 0.0769. The number of hydrogen-bond acceptors (Lipinski definition) is 3. The average molecular weight is 492 g/mol. The smallest absolute Gasteiger partial charge is 0.118 e. The van der Waals surface area contributed by atoms with Gasteiger partial charge in [-0.3, -0.25) is 4.74 Å². The van der Waals surface area contributed by atoms with Crippen molar-refractivity contribution in [3.63, 3.8) is 0 Å². The van der Waals surface area contributed by atoms with Crippen molar-refractivity contribution in [3.05, 3.63) is 108 Å². The summed E-state index contributed by atoms with van der Waals surface area (Å²) in [5.74, 6) is 1.65. The first-order chi connectivity index (χ1) is 15.2. The molecule has 0 N–H and O–H groups in total. The van der Waals surface area contributed by atoms with E-state index in [9.17, 15) is 0 Å². The lowest BCUT2D eigenvalue weighted by Crippen LogP contribution is -2.25. The van der Waals surface area contributed by atoms with Gasteiger partial charge in [0.15, 0.2) is 0 Å². The van der Waals surface area contributed by atoms with Crippen molar-refractivity contribution in [1.82, 2.24) is 0 Å². The summed E-state index contributed by atoms with van der Waals surface area (Å²) in [6.45, 7) is 0. The highest BCUT2D eigenvalue weighted by molar-refractivity contribution is 9.10. The highest BCUT2D eigenvalue weighted by Crippen LogP contribution is 2.49. The van der Waals surface area contributed by atoms with Gasteiger partial charge in [0.25, 0.3) is 0 Å². The van der Waals surface area contributed by atoms with Gasteiger partial charge in [-0.25, -0.2) is 0 Å². The van der Waals surface area contributed by atoms with Gasteiger partial charge in [0, 0.05) is 20.4 Å². The zero-order chi connectivity index (χ0) is 21.7. The maximum absolute atomic E-state index is 5.46. The largest absolute Gasteiger partial charge is 0.497 e.